The summed E-state index contributed by atoms with van der Waals surface area (Å²) in [5.41, 5.74) is -2.65. The Labute approximate surface area is 254 Å². The standard InChI is InChI=1S/C31H46N4O8/c1-20(2)17-23(34-29(40)43-30(5,6)7)25(36)35-31(15-12-16-32,28(39)42-19-22-13-10-9-11-14-22)27(38)33-24(18-21(3)4)26(37)41-8/h9-11,13-14,20-21,23-24H,12,15,17-19H2,1-8H3,(H,33,38)(H,34,40)(H,35,36)/t23-,24-,31?/m0/s1. The van der Waals surface area contributed by atoms with Gasteiger partial charge in [0, 0.05) is 12.8 Å². The van der Waals surface area contributed by atoms with Gasteiger partial charge >= 0.3 is 18.0 Å². The van der Waals surface area contributed by atoms with Crippen molar-refractivity contribution in [2.24, 2.45) is 11.8 Å². The van der Waals surface area contributed by atoms with Crippen molar-refractivity contribution < 1.29 is 38.2 Å². The van der Waals surface area contributed by atoms with E-state index in [-0.39, 0.29) is 37.7 Å². The van der Waals surface area contributed by atoms with Crippen LogP contribution in [-0.2, 0) is 40.0 Å². The molecule has 0 saturated heterocycles. The third-order valence-corrected chi connectivity index (χ3v) is 6.11. The van der Waals surface area contributed by atoms with Crippen LogP contribution >= 0.6 is 0 Å². The number of esters is 2. The fourth-order valence-electron chi connectivity index (χ4n) is 4.13. The van der Waals surface area contributed by atoms with Gasteiger partial charge in [0.1, 0.15) is 24.3 Å². The van der Waals surface area contributed by atoms with Gasteiger partial charge < -0.3 is 30.2 Å². The first-order chi connectivity index (χ1) is 20.0. The zero-order chi connectivity index (χ0) is 32.8. The van der Waals surface area contributed by atoms with Crippen LogP contribution in [0.25, 0.3) is 0 Å². The first-order valence-electron chi connectivity index (χ1n) is 14.3. The summed E-state index contributed by atoms with van der Waals surface area (Å²) in [6.07, 6.45) is -1.34. The van der Waals surface area contributed by atoms with E-state index in [2.05, 4.69) is 16.0 Å². The number of benzene rings is 1. The van der Waals surface area contributed by atoms with Crippen LogP contribution in [0.1, 0.15) is 79.7 Å². The number of carbonyl (C=O) groups excluding carboxylic acids is 5. The number of amides is 3. The summed E-state index contributed by atoms with van der Waals surface area (Å²) in [6.45, 7) is 12.1. The molecule has 0 aliphatic carbocycles. The molecule has 0 spiro atoms. The van der Waals surface area contributed by atoms with Crippen LogP contribution in [0.5, 0.6) is 0 Å². The minimum atomic E-state index is -2.42. The highest BCUT2D eigenvalue weighted by molar-refractivity contribution is 6.11. The van der Waals surface area contributed by atoms with Crippen molar-refractivity contribution in [3.8, 4) is 6.07 Å². The summed E-state index contributed by atoms with van der Waals surface area (Å²) in [7, 11) is 1.17. The Hall–Kier alpha value is -4.14. The van der Waals surface area contributed by atoms with Gasteiger partial charge in [-0.05, 0) is 51.0 Å². The number of nitriles is 1. The van der Waals surface area contributed by atoms with E-state index in [4.69, 9.17) is 14.2 Å². The van der Waals surface area contributed by atoms with E-state index in [0.29, 0.717) is 5.56 Å². The summed E-state index contributed by atoms with van der Waals surface area (Å²) in [4.78, 5) is 66.6. The summed E-state index contributed by atoms with van der Waals surface area (Å²) in [5.74, 6) is -3.94. The summed E-state index contributed by atoms with van der Waals surface area (Å²) >= 11 is 0. The second kappa shape index (κ2) is 17.1. The zero-order valence-electron chi connectivity index (χ0n) is 26.4. The Morgan fingerprint density at radius 1 is 0.907 bits per heavy atom. The van der Waals surface area contributed by atoms with Crippen LogP contribution < -0.4 is 16.0 Å². The molecule has 1 unspecified atom stereocenters. The molecule has 3 atom stereocenters. The van der Waals surface area contributed by atoms with Gasteiger partial charge in [0.15, 0.2) is 0 Å². The molecule has 0 fully saturated rings. The fraction of sp³-hybridized carbons (Fsp3) is 0.613. The van der Waals surface area contributed by atoms with E-state index in [1.165, 1.54) is 7.11 Å². The third kappa shape index (κ3) is 12.7. The molecule has 0 aliphatic heterocycles. The van der Waals surface area contributed by atoms with Crippen LogP contribution in [0.2, 0.25) is 0 Å². The third-order valence-electron chi connectivity index (χ3n) is 6.11. The number of carbonyl (C=O) groups is 5. The largest absolute Gasteiger partial charge is 0.467 e. The molecule has 3 amide bonds. The summed E-state index contributed by atoms with van der Waals surface area (Å²) < 4.78 is 15.7. The van der Waals surface area contributed by atoms with Crippen LogP contribution in [0.3, 0.4) is 0 Å². The average molecular weight is 603 g/mol. The highest BCUT2D eigenvalue weighted by Crippen LogP contribution is 2.21. The highest BCUT2D eigenvalue weighted by Gasteiger charge is 2.50. The maximum Gasteiger partial charge on any atom is 0.408 e. The van der Waals surface area contributed by atoms with Crippen molar-refractivity contribution in [1.29, 1.82) is 5.26 Å². The molecule has 238 valence electrons. The Morgan fingerprint density at radius 3 is 2.00 bits per heavy atom. The second-order valence-electron chi connectivity index (χ2n) is 12.1. The number of nitrogens with zero attached hydrogens (tertiary/aromatic N) is 1. The molecule has 1 aromatic rings. The molecule has 3 N–H and O–H groups in total. The molecule has 0 radical (unpaired) electrons. The summed E-state index contributed by atoms with van der Waals surface area (Å²) in [5, 5.41) is 17.0. The van der Waals surface area contributed by atoms with Gasteiger partial charge in [-0.25, -0.2) is 14.4 Å². The Morgan fingerprint density at radius 2 is 1.49 bits per heavy atom. The van der Waals surface area contributed by atoms with E-state index < -0.39 is 59.5 Å². The number of ether oxygens (including phenoxy) is 3. The minimum Gasteiger partial charge on any atom is -0.467 e. The van der Waals surface area contributed by atoms with Crippen molar-refractivity contribution in [2.75, 3.05) is 7.11 Å². The van der Waals surface area contributed by atoms with Gasteiger partial charge in [-0.15, -0.1) is 0 Å². The molecule has 0 bridgehead atoms. The van der Waals surface area contributed by atoms with Crippen molar-refractivity contribution >= 4 is 29.8 Å². The molecule has 0 saturated carbocycles. The van der Waals surface area contributed by atoms with Crippen LogP contribution in [0.4, 0.5) is 4.79 Å². The van der Waals surface area contributed by atoms with Gasteiger partial charge in [-0.2, -0.15) is 5.26 Å². The second-order valence-corrected chi connectivity index (χ2v) is 12.1. The quantitative estimate of drug-likeness (QED) is 0.154. The molecule has 0 heterocycles. The lowest BCUT2D eigenvalue weighted by Gasteiger charge is -2.34. The first-order valence-corrected chi connectivity index (χ1v) is 14.3. The predicted molar refractivity (Wildman–Crippen MR) is 158 cm³/mol. The molecule has 0 aliphatic rings. The Bertz CT molecular complexity index is 1140. The van der Waals surface area contributed by atoms with E-state index in [1.54, 1.807) is 51.1 Å². The van der Waals surface area contributed by atoms with Gasteiger partial charge in [0.2, 0.25) is 11.4 Å². The lowest BCUT2D eigenvalue weighted by molar-refractivity contribution is -0.161. The van der Waals surface area contributed by atoms with Gasteiger partial charge in [0.25, 0.3) is 5.91 Å². The molecular weight excluding hydrogens is 556 g/mol. The van der Waals surface area contributed by atoms with E-state index in [0.717, 1.165) is 0 Å². The van der Waals surface area contributed by atoms with Crippen LogP contribution in [0, 0.1) is 23.2 Å². The lowest BCUT2D eigenvalue weighted by atomic mass is 9.90. The molecule has 1 aromatic carbocycles. The normalized spacial score (nSPS) is 14.0. The zero-order valence-corrected chi connectivity index (χ0v) is 26.4. The maximum atomic E-state index is 14.0. The molecule has 43 heavy (non-hydrogen) atoms. The topological polar surface area (TPSA) is 173 Å². The Kier molecular flexibility index (Phi) is 14.7. The van der Waals surface area contributed by atoms with E-state index >= 15 is 0 Å². The number of methoxy groups -OCH3 is 1. The number of hydrogen-bond acceptors (Lipinski definition) is 9. The Balaban J connectivity index is 3.57. The lowest BCUT2D eigenvalue weighted by Crippen LogP contribution is -2.68. The maximum absolute atomic E-state index is 14.0. The van der Waals surface area contributed by atoms with Crippen LogP contribution in [-0.4, -0.2) is 60.2 Å². The van der Waals surface area contributed by atoms with Crippen LogP contribution in [0.15, 0.2) is 30.3 Å². The molecule has 12 nitrogen and oxygen atoms in total. The van der Waals surface area contributed by atoms with Gasteiger partial charge in [-0.3, -0.25) is 9.59 Å². The highest BCUT2D eigenvalue weighted by atomic mass is 16.6. The van der Waals surface area contributed by atoms with E-state index in [9.17, 15) is 29.2 Å². The van der Waals surface area contributed by atoms with Crippen molar-refractivity contribution in [3.05, 3.63) is 35.9 Å². The first kappa shape index (κ1) is 36.9. The minimum absolute atomic E-state index is 0.0500. The predicted octanol–water partition coefficient (Wildman–Crippen LogP) is 3.53. The smallest absolute Gasteiger partial charge is 0.408 e. The number of alkyl carbamates (subject to hydrolysis) is 1. The molecule has 0 aromatic heterocycles. The number of rotatable bonds is 15. The van der Waals surface area contributed by atoms with Gasteiger partial charge in [0.05, 0.1) is 13.2 Å². The SMILES string of the molecule is COC(=O)[C@H](CC(C)C)NC(=O)C(CCC#N)(NC(=O)[C@H](CC(C)C)NC(=O)OC(C)(C)C)C(=O)OCc1ccccc1. The monoisotopic (exact) mass is 602 g/mol. The van der Waals surface area contributed by atoms with Crippen molar-refractivity contribution in [1.82, 2.24) is 16.0 Å². The van der Waals surface area contributed by atoms with Gasteiger partial charge in [-0.1, -0.05) is 58.0 Å². The molecule has 1 rings (SSSR count). The van der Waals surface area contributed by atoms with E-state index in [1.807, 2.05) is 33.8 Å². The molecular formula is C31H46N4O8. The number of hydrogen-bond donors (Lipinski definition) is 3. The van der Waals surface area contributed by atoms with Crippen molar-refractivity contribution in [2.45, 2.75) is 104 Å². The fourth-order valence-corrected chi connectivity index (χ4v) is 4.13. The molecule has 12 heteroatoms. The average Bonchev–Trinajstić information content (AvgIpc) is 2.91. The summed E-state index contributed by atoms with van der Waals surface area (Å²) in [6, 6.07) is 8.23. The number of nitrogens with one attached hydrogen (secondary N) is 3. The van der Waals surface area contributed by atoms with Crippen molar-refractivity contribution in [3.63, 3.8) is 0 Å².